The van der Waals surface area contributed by atoms with Crippen LogP contribution in [0.15, 0.2) is 42.6 Å². The summed E-state index contributed by atoms with van der Waals surface area (Å²) >= 11 is 0. The molecule has 1 aromatic carbocycles. The van der Waals surface area contributed by atoms with Crippen LogP contribution in [0.4, 0.5) is 5.69 Å². The number of ether oxygens (including phenoxy) is 1. The van der Waals surface area contributed by atoms with E-state index in [1.807, 2.05) is 30.3 Å². The van der Waals surface area contributed by atoms with Gasteiger partial charge in [-0.25, -0.2) is 0 Å². The first-order valence-corrected chi connectivity index (χ1v) is 11.1. The van der Waals surface area contributed by atoms with Gasteiger partial charge in [0.15, 0.2) is 0 Å². The summed E-state index contributed by atoms with van der Waals surface area (Å²) in [5.41, 5.74) is 2.43. The zero-order valence-corrected chi connectivity index (χ0v) is 17.6. The summed E-state index contributed by atoms with van der Waals surface area (Å²) < 4.78 is 6.51. The standard InChI is InChI=1S/C24H30N4O2/c1-27-14-9-24(10-15-27)17-21(19-6-2-3-7-22(19)30-24)26-23(29)20-16-18(8-11-25-20)28-12-4-5-13-28/h2-3,6-8,11,16,21H,4-5,9-10,12-15,17H2,1H3,(H,26,29). The monoisotopic (exact) mass is 406 g/mol. The van der Waals surface area contributed by atoms with Crippen molar-refractivity contribution in [1.82, 2.24) is 15.2 Å². The van der Waals surface area contributed by atoms with E-state index in [9.17, 15) is 4.79 Å². The molecule has 5 rings (SSSR count). The Balaban J connectivity index is 1.38. The topological polar surface area (TPSA) is 57.7 Å². The fourth-order valence-corrected chi connectivity index (χ4v) is 5.03. The summed E-state index contributed by atoms with van der Waals surface area (Å²) in [6, 6.07) is 12.0. The number of likely N-dealkylation sites (tertiary alicyclic amines) is 1. The normalized spacial score (nSPS) is 23.1. The highest BCUT2D eigenvalue weighted by molar-refractivity contribution is 5.93. The maximum atomic E-state index is 13.2. The minimum absolute atomic E-state index is 0.0666. The number of hydrogen-bond donors (Lipinski definition) is 1. The van der Waals surface area contributed by atoms with E-state index < -0.39 is 0 Å². The zero-order valence-electron chi connectivity index (χ0n) is 17.6. The molecule has 3 aliphatic rings. The molecule has 1 N–H and O–H groups in total. The Morgan fingerprint density at radius 2 is 1.90 bits per heavy atom. The second-order valence-corrected chi connectivity index (χ2v) is 8.95. The van der Waals surface area contributed by atoms with Crippen LogP contribution in [0.25, 0.3) is 0 Å². The lowest BCUT2D eigenvalue weighted by Gasteiger charge is -2.46. The Morgan fingerprint density at radius 3 is 2.70 bits per heavy atom. The summed E-state index contributed by atoms with van der Waals surface area (Å²) in [7, 11) is 2.15. The number of anilines is 1. The SMILES string of the molecule is CN1CCC2(CC1)CC(NC(=O)c1cc(N3CCCC3)ccn1)c1ccccc1O2. The maximum absolute atomic E-state index is 13.2. The van der Waals surface area contributed by atoms with E-state index in [4.69, 9.17) is 4.74 Å². The smallest absolute Gasteiger partial charge is 0.270 e. The van der Waals surface area contributed by atoms with Gasteiger partial charge in [-0.15, -0.1) is 0 Å². The van der Waals surface area contributed by atoms with Crippen LogP contribution in [0.1, 0.15) is 54.2 Å². The molecule has 0 radical (unpaired) electrons. The fraction of sp³-hybridized carbons (Fsp3) is 0.500. The summed E-state index contributed by atoms with van der Waals surface area (Å²) in [6.45, 7) is 4.13. The molecule has 2 aromatic rings. The molecule has 1 aromatic heterocycles. The first-order chi connectivity index (χ1) is 14.6. The van der Waals surface area contributed by atoms with Crippen molar-refractivity contribution in [2.45, 2.75) is 43.7 Å². The minimum Gasteiger partial charge on any atom is -0.487 e. The van der Waals surface area contributed by atoms with Crippen molar-refractivity contribution in [3.8, 4) is 5.75 Å². The molecule has 0 saturated carbocycles. The van der Waals surface area contributed by atoms with Crippen LogP contribution in [0.5, 0.6) is 5.75 Å². The van der Waals surface area contributed by atoms with Crippen molar-refractivity contribution in [3.05, 3.63) is 53.9 Å². The number of nitrogens with zero attached hydrogens (tertiary/aromatic N) is 3. The summed E-state index contributed by atoms with van der Waals surface area (Å²) in [4.78, 5) is 22.2. The fourth-order valence-electron chi connectivity index (χ4n) is 5.03. The average molecular weight is 407 g/mol. The Kier molecular flexibility index (Phi) is 5.11. The molecule has 3 aliphatic heterocycles. The van der Waals surface area contributed by atoms with Crippen molar-refractivity contribution >= 4 is 11.6 Å². The van der Waals surface area contributed by atoms with Crippen LogP contribution in [0.2, 0.25) is 0 Å². The Bertz CT molecular complexity index is 917. The highest BCUT2D eigenvalue weighted by Gasteiger charge is 2.43. The third kappa shape index (κ3) is 3.76. The number of carbonyl (C=O) groups is 1. The van der Waals surface area contributed by atoms with Crippen molar-refractivity contribution in [2.75, 3.05) is 38.1 Å². The van der Waals surface area contributed by atoms with Gasteiger partial charge in [0, 0.05) is 50.0 Å². The van der Waals surface area contributed by atoms with E-state index in [2.05, 4.69) is 33.2 Å². The van der Waals surface area contributed by atoms with Crippen molar-refractivity contribution in [3.63, 3.8) is 0 Å². The highest BCUT2D eigenvalue weighted by atomic mass is 16.5. The second kappa shape index (κ2) is 7.91. The number of pyridine rings is 1. The molecule has 6 nitrogen and oxygen atoms in total. The van der Waals surface area contributed by atoms with Crippen LogP contribution >= 0.6 is 0 Å². The molecule has 4 heterocycles. The number of benzene rings is 1. The zero-order chi connectivity index (χ0) is 20.6. The largest absolute Gasteiger partial charge is 0.487 e. The molecular weight excluding hydrogens is 376 g/mol. The number of piperidine rings is 1. The molecule has 2 saturated heterocycles. The Morgan fingerprint density at radius 1 is 1.13 bits per heavy atom. The van der Waals surface area contributed by atoms with Gasteiger partial charge in [0.1, 0.15) is 17.0 Å². The summed E-state index contributed by atoms with van der Waals surface area (Å²) in [5.74, 6) is 0.790. The average Bonchev–Trinajstić information content (AvgIpc) is 3.31. The lowest BCUT2D eigenvalue weighted by Crippen LogP contribution is -2.51. The number of fused-ring (bicyclic) bond motifs is 1. The minimum atomic E-state index is -0.205. The molecule has 2 fully saturated rings. The predicted octanol–water partition coefficient (Wildman–Crippen LogP) is 3.40. The van der Waals surface area contributed by atoms with Gasteiger partial charge in [0.05, 0.1) is 6.04 Å². The third-order valence-electron chi connectivity index (χ3n) is 6.85. The van der Waals surface area contributed by atoms with Gasteiger partial charge in [-0.2, -0.15) is 0 Å². The summed E-state index contributed by atoms with van der Waals surface area (Å²) in [5, 5.41) is 3.28. The van der Waals surface area contributed by atoms with Gasteiger partial charge in [-0.05, 0) is 50.9 Å². The highest BCUT2D eigenvalue weighted by Crippen LogP contribution is 2.44. The van der Waals surface area contributed by atoms with Gasteiger partial charge in [0.2, 0.25) is 0 Å². The number of aromatic nitrogens is 1. The lowest BCUT2D eigenvalue weighted by atomic mass is 9.80. The van der Waals surface area contributed by atoms with Crippen molar-refractivity contribution < 1.29 is 9.53 Å². The Hall–Kier alpha value is -2.60. The van der Waals surface area contributed by atoms with Gasteiger partial charge in [-0.3, -0.25) is 9.78 Å². The molecule has 0 bridgehead atoms. The number of hydrogen-bond acceptors (Lipinski definition) is 5. The molecule has 1 amide bonds. The van der Waals surface area contributed by atoms with Crippen LogP contribution in [0.3, 0.4) is 0 Å². The van der Waals surface area contributed by atoms with Gasteiger partial charge in [0.25, 0.3) is 5.91 Å². The van der Waals surface area contributed by atoms with Gasteiger partial charge >= 0.3 is 0 Å². The molecular formula is C24H30N4O2. The number of amides is 1. The second-order valence-electron chi connectivity index (χ2n) is 8.95. The van der Waals surface area contributed by atoms with Crippen LogP contribution in [-0.2, 0) is 0 Å². The van der Waals surface area contributed by atoms with Crippen molar-refractivity contribution in [1.29, 1.82) is 0 Å². The van der Waals surface area contributed by atoms with Crippen LogP contribution < -0.4 is 15.0 Å². The molecule has 30 heavy (non-hydrogen) atoms. The van der Waals surface area contributed by atoms with E-state index in [1.54, 1.807) is 6.20 Å². The predicted molar refractivity (Wildman–Crippen MR) is 117 cm³/mol. The molecule has 6 heteroatoms. The van der Waals surface area contributed by atoms with Gasteiger partial charge in [-0.1, -0.05) is 18.2 Å². The van der Waals surface area contributed by atoms with E-state index in [-0.39, 0.29) is 17.6 Å². The summed E-state index contributed by atoms with van der Waals surface area (Å²) in [6.07, 6.45) is 6.92. The molecule has 1 spiro atoms. The van der Waals surface area contributed by atoms with Crippen molar-refractivity contribution in [2.24, 2.45) is 0 Å². The van der Waals surface area contributed by atoms with E-state index in [0.29, 0.717) is 5.69 Å². The molecule has 0 aliphatic carbocycles. The quantitative estimate of drug-likeness (QED) is 0.847. The Labute approximate surface area is 178 Å². The lowest BCUT2D eigenvalue weighted by molar-refractivity contribution is -0.0196. The number of nitrogens with one attached hydrogen (secondary N) is 1. The van der Waals surface area contributed by atoms with Crippen LogP contribution in [0, 0.1) is 0 Å². The maximum Gasteiger partial charge on any atom is 0.270 e. The third-order valence-corrected chi connectivity index (χ3v) is 6.85. The number of rotatable bonds is 3. The van der Waals surface area contributed by atoms with E-state index >= 15 is 0 Å². The first kappa shape index (κ1) is 19.4. The van der Waals surface area contributed by atoms with Gasteiger partial charge < -0.3 is 19.9 Å². The van der Waals surface area contributed by atoms with E-state index in [0.717, 1.165) is 62.4 Å². The number of carbonyl (C=O) groups excluding carboxylic acids is 1. The molecule has 1 unspecified atom stereocenters. The first-order valence-electron chi connectivity index (χ1n) is 11.1. The van der Waals surface area contributed by atoms with Crippen LogP contribution in [-0.4, -0.2) is 54.6 Å². The number of para-hydroxylation sites is 1. The molecule has 1 atom stereocenters. The molecule has 158 valence electrons. The van der Waals surface area contributed by atoms with E-state index in [1.165, 1.54) is 12.8 Å².